The molecule has 0 saturated carbocycles. The summed E-state index contributed by atoms with van der Waals surface area (Å²) in [6.07, 6.45) is 0. The Morgan fingerprint density at radius 2 is 1.68 bits per heavy atom. The van der Waals surface area contributed by atoms with Gasteiger partial charge in [-0.2, -0.15) is 0 Å². The van der Waals surface area contributed by atoms with Crippen molar-refractivity contribution in [1.29, 1.82) is 0 Å². The molecule has 0 saturated heterocycles. The topological polar surface area (TPSA) is 44.9 Å². The van der Waals surface area contributed by atoms with Crippen molar-refractivity contribution in [3.05, 3.63) is 47.5 Å². The summed E-state index contributed by atoms with van der Waals surface area (Å²) in [5.74, 6) is 0.566. The van der Waals surface area contributed by atoms with E-state index in [1.54, 1.807) is 5.01 Å². The molecule has 2 aromatic rings. The van der Waals surface area contributed by atoms with Crippen LogP contribution in [0.3, 0.4) is 0 Å². The summed E-state index contributed by atoms with van der Waals surface area (Å²) < 4.78 is 0. The fraction of sp³-hybridized carbons (Fsp3) is 0.267. The van der Waals surface area contributed by atoms with Crippen molar-refractivity contribution in [1.82, 2.24) is 9.91 Å². The van der Waals surface area contributed by atoms with Gasteiger partial charge in [0, 0.05) is 27.2 Å². The lowest BCUT2D eigenvalue weighted by Crippen LogP contribution is -2.39. The van der Waals surface area contributed by atoms with E-state index in [9.17, 15) is 0 Å². The molecule has 0 aromatic heterocycles. The van der Waals surface area contributed by atoms with Gasteiger partial charge in [0.05, 0.1) is 0 Å². The normalized spacial score (nSPS) is 14.8. The third-order valence-electron chi connectivity index (χ3n) is 3.43. The highest BCUT2D eigenvalue weighted by molar-refractivity contribution is 5.91. The summed E-state index contributed by atoms with van der Waals surface area (Å²) in [6, 6.07) is 12.9. The third-order valence-corrected chi connectivity index (χ3v) is 3.43. The van der Waals surface area contributed by atoms with Crippen molar-refractivity contribution in [2.75, 3.05) is 14.1 Å². The molecular weight excluding hydrogens is 236 g/mol. The smallest absolute Gasteiger partial charge is 0.214 e. The minimum atomic E-state index is 0.566. The van der Waals surface area contributed by atoms with Crippen LogP contribution in [0.25, 0.3) is 10.8 Å². The summed E-state index contributed by atoms with van der Waals surface area (Å²) >= 11 is 0. The summed E-state index contributed by atoms with van der Waals surface area (Å²) in [5, 5.41) is 8.70. The van der Waals surface area contributed by atoms with Crippen molar-refractivity contribution in [2.24, 2.45) is 10.8 Å². The number of hydrogen-bond acceptors (Lipinski definition) is 2. The molecule has 0 spiro atoms. The Bertz CT molecular complexity index is 605. The van der Waals surface area contributed by atoms with E-state index in [1.807, 2.05) is 14.1 Å². The van der Waals surface area contributed by atoms with Crippen molar-refractivity contribution in [3.8, 4) is 0 Å². The first-order chi connectivity index (χ1) is 9.15. The SMILES string of the molecule is CN(C)/N=C(/N)N1Cc2cccc3cccc(c23)C1. The van der Waals surface area contributed by atoms with E-state index < -0.39 is 0 Å². The van der Waals surface area contributed by atoms with E-state index in [1.165, 1.54) is 21.9 Å². The molecule has 0 aliphatic carbocycles. The molecule has 1 aliphatic rings. The van der Waals surface area contributed by atoms with Crippen LogP contribution < -0.4 is 5.73 Å². The van der Waals surface area contributed by atoms with Crippen LogP contribution in [0.5, 0.6) is 0 Å². The lowest BCUT2D eigenvalue weighted by molar-refractivity contribution is 0.364. The molecule has 3 rings (SSSR count). The van der Waals surface area contributed by atoms with E-state index >= 15 is 0 Å². The van der Waals surface area contributed by atoms with E-state index in [0.29, 0.717) is 5.96 Å². The van der Waals surface area contributed by atoms with Gasteiger partial charge in [0.2, 0.25) is 5.96 Å². The van der Waals surface area contributed by atoms with Crippen LogP contribution in [0, 0.1) is 0 Å². The predicted molar refractivity (Wildman–Crippen MR) is 78.5 cm³/mol. The lowest BCUT2D eigenvalue weighted by Gasteiger charge is -2.30. The second kappa shape index (κ2) is 4.46. The Labute approximate surface area is 113 Å². The quantitative estimate of drug-likeness (QED) is 0.480. The molecule has 2 aromatic carbocycles. The zero-order valence-corrected chi connectivity index (χ0v) is 11.3. The van der Waals surface area contributed by atoms with Gasteiger partial charge in [0.1, 0.15) is 0 Å². The summed E-state index contributed by atoms with van der Waals surface area (Å²) in [7, 11) is 3.76. The van der Waals surface area contributed by atoms with Gasteiger partial charge in [-0.05, 0) is 21.9 Å². The minimum absolute atomic E-state index is 0.566. The highest BCUT2D eigenvalue weighted by Crippen LogP contribution is 2.29. The van der Waals surface area contributed by atoms with Gasteiger partial charge in [-0.3, -0.25) is 5.01 Å². The van der Waals surface area contributed by atoms with E-state index in [4.69, 9.17) is 5.73 Å². The van der Waals surface area contributed by atoms with Crippen LogP contribution in [-0.4, -0.2) is 30.0 Å². The van der Waals surface area contributed by atoms with E-state index in [0.717, 1.165) is 13.1 Å². The third kappa shape index (κ3) is 2.10. The maximum absolute atomic E-state index is 6.07. The Morgan fingerprint density at radius 3 is 2.21 bits per heavy atom. The maximum atomic E-state index is 6.07. The number of hydrogen-bond donors (Lipinski definition) is 1. The number of nitrogens with zero attached hydrogens (tertiary/aromatic N) is 3. The van der Waals surface area contributed by atoms with Crippen molar-refractivity contribution in [2.45, 2.75) is 13.1 Å². The van der Waals surface area contributed by atoms with Gasteiger partial charge in [-0.15, -0.1) is 5.10 Å². The molecule has 1 heterocycles. The molecule has 2 N–H and O–H groups in total. The predicted octanol–water partition coefficient (Wildman–Crippen LogP) is 1.95. The zero-order chi connectivity index (χ0) is 13.4. The van der Waals surface area contributed by atoms with Gasteiger partial charge in [-0.1, -0.05) is 36.4 Å². The van der Waals surface area contributed by atoms with Crippen LogP contribution in [0.15, 0.2) is 41.5 Å². The van der Waals surface area contributed by atoms with Gasteiger partial charge >= 0.3 is 0 Å². The molecule has 4 heteroatoms. The first-order valence-electron chi connectivity index (χ1n) is 6.41. The summed E-state index contributed by atoms with van der Waals surface area (Å²) in [5.41, 5.74) is 8.70. The number of rotatable bonds is 1. The highest BCUT2D eigenvalue weighted by atomic mass is 15.5. The molecule has 0 amide bonds. The van der Waals surface area contributed by atoms with Crippen molar-refractivity contribution in [3.63, 3.8) is 0 Å². The molecule has 1 aliphatic heterocycles. The van der Waals surface area contributed by atoms with Gasteiger partial charge < -0.3 is 10.6 Å². The standard InChI is InChI=1S/C15H18N4/c1-18(2)17-15(16)19-9-12-7-3-5-11-6-4-8-13(10-19)14(11)12/h3-8H,9-10H2,1-2H3,(H2,16,17). The highest BCUT2D eigenvalue weighted by Gasteiger charge is 2.19. The number of nitrogens with two attached hydrogens (primary N) is 1. The molecule has 0 fully saturated rings. The van der Waals surface area contributed by atoms with Crippen LogP contribution in [0.1, 0.15) is 11.1 Å². The number of guanidine groups is 1. The molecule has 0 radical (unpaired) electrons. The van der Waals surface area contributed by atoms with Gasteiger partial charge in [0.15, 0.2) is 0 Å². The Balaban J connectivity index is 2.04. The molecule has 4 nitrogen and oxygen atoms in total. The lowest BCUT2D eigenvalue weighted by atomic mass is 9.95. The van der Waals surface area contributed by atoms with Crippen LogP contribution in [-0.2, 0) is 13.1 Å². The van der Waals surface area contributed by atoms with E-state index in [-0.39, 0.29) is 0 Å². The monoisotopic (exact) mass is 254 g/mol. The van der Waals surface area contributed by atoms with Crippen molar-refractivity contribution < 1.29 is 0 Å². The summed E-state index contributed by atoms with van der Waals surface area (Å²) in [4.78, 5) is 2.11. The fourth-order valence-electron chi connectivity index (χ4n) is 2.66. The second-order valence-corrected chi connectivity index (χ2v) is 5.09. The molecular formula is C15H18N4. The first kappa shape index (κ1) is 11.8. The van der Waals surface area contributed by atoms with Crippen LogP contribution in [0.4, 0.5) is 0 Å². The number of hydrazone groups is 1. The summed E-state index contributed by atoms with van der Waals surface area (Å²) in [6.45, 7) is 1.63. The number of benzene rings is 2. The Morgan fingerprint density at radius 1 is 1.11 bits per heavy atom. The maximum Gasteiger partial charge on any atom is 0.214 e. The molecule has 98 valence electrons. The molecule has 0 unspecified atom stereocenters. The van der Waals surface area contributed by atoms with E-state index in [2.05, 4.69) is 46.4 Å². The average Bonchev–Trinajstić information content (AvgIpc) is 2.38. The Hall–Kier alpha value is -2.23. The van der Waals surface area contributed by atoms with Crippen LogP contribution in [0.2, 0.25) is 0 Å². The average molecular weight is 254 g/mol. The molecule has 19 heavy (non-hydrogen) atoms. The molecule has 0 atom stereocenters. The van der Waals surface area contributed by atoms with Crippen LogP contribution >= 0.6 is 0 Å². The zero-order valence-electron chi connectivity index (χ0n) is 11.3. The largest absolute Gasteiger partial charge is 0.368 e. The van der Waals surface area contributed by atoms with Gasteiger partial charge in [-0.25, -0.2) is 0 Å². The Kier molecular flexibility index (Phi) is 2.78. The fourth-order valence-corrected chi connectivity index (χ4v) is 2.66. The van der Waals surface area contributed by atoms with Crippen molar-refractivity contribution >= 4 is 16.7 Å². The minimum Gasteiger partial charge on any atom is -0.368 e. The second-order valence-electron chi connectivity index (χ2n) is 5.09. The van der Waals surface area contributed by atoms with Gasteiger partial charge in [0.25, 0.3) is 0 Å². The molecule has 0 bridgehead atoms. The first-order valence-corrected chi connectivity index (χ1v) is 6.41.